The van der Waals surface area contributed by atoms with Crippen LogP contribution in [0.15, 0.2) is 59.1 Å². The number of anilines is 1. The molecule has 0 aliphatic carbocycles. The van der Waals surface area contributed by atoms with Crippen LogP contribution in [0.2, 0.25) is 5.02 Å². The lowest BCUT2D eigenvalue weighted by molar-refractivity contribution is -0.111. The number of hydrogen-bond donors (Lipinski definition) is 1. The smallest absolute Gasteiger partial charge is 0.248 e. The van der Waals surface area contributed by atoms with Gasteiger partial charge in [-0.15, -0.1) is 0 Å². The highest BCUT2D eigenvalue weighted by molar-refractivity contribution is 9.10. The first-order valence-electron chi connectivity index (χ1n) is 5.64. The van der Waals surface area contributed by atoms with Gasteiger partial charge in [0.05, 0.1) is 0 Å². The maximum absolute atomic E-state index is 11.7. The molecule has 2 aromatic rings. The maximum Gasteiger partial charge on any atom is 0.248 e. The summed E-state index contributed by atoms with van der Waals surface area (Å²) in [4.78, 5) is 11.7. The van der Waals surface area contributed by atoms with Crippen molar-refractivity contribution in [2.45, 2.75) is 0 Å². The van der Waals surface area contributed by atoms with E-state index in [1.165, 1.54) is 6.08 Å². The number of halogens is 2. The second-order valence-electron chi connectivity index (χ2n) is 3.88. The SMILES string of the molecule is O=C(C=Cc1ccc(Br)cc1)Nc1ccc(Cl)cc1. The highest BCUT2D eigenvalue weighted by Gasteiger charge is 1.97. The second-order valence-corrected chi connectivity index (χ2v) is 5.23. The minimum absolute atomic E-state index is 0.176. The van der Waals surface area contributed by atoms with Crippen LogP contribution in [-0.2, 0) is 4.79 Å². The van der Waals surface area contributed by atoms with Crippen molar-refractivity contribution in [1.82, 2.24) is 0 Å². The molecule has 0 aliphatic heterocycles. The summed E-state index contributed by atoms with van der Waals surface area (Å²) in [5, 5.41) is 3.40. The molecule has 0 heterocycles. The van der Waals surface area contributed by atoms with Gasteiger partial charge in [0.25, 0.3) is 0 Å². The molecule has 96 valence electrons. The Labute approximate surface area is 125 Å². The van der Waals surface area contributed by atoms with Gasteiger partial charge in [0.15, 0.2) is 0 Å². The van der Waals surface area contributed by atoms with Gasteiger partial charge in [-0.25, -0.2) is 0 Å². The Morgan fingerprint density at radius 1 is 1.05 bits per heavy atom. The fraction of sp³-hybridized carbons (Fsp3) is 0. The second kappa shape index (κ2) is 6.55. The summed E-state index contributed by atoms with van der Waals surface area (Å²) in [7, 11) is 0. The van der Waals surface area contributed by atoms with Crippen molar-refractivity contribution in [2.75, 3.05) is 5.32 Å². The number of carbonyl (C=O) groups is 1. The fourth-order valence-corrected chi connectivity index (χ4v) is 1.85. The Hall–Kier alpha value is -1.58. The standard InChI is InChI=1S/C15H11BrClNO/c16-12-4-1-11(2-5-12)3-10-15(19)18-14-8-6-13(17)7-9-14/h1-10H,(H,18,19). The normalized spacial score (nSPS) is 10.6. The molecule has 0 bridgehead atoms. The zero-order valence-electron chi connectivity index (χ0n) is 9.94. The van der Waals surface area contributed by atoms with E-state index in [0.717, 1.165) is 15.7 Å². The third-order valence-electron chi connectivity index (χ3n) is 2.41. The molecule has 0 saturated carbocycles. The van der Waals surface area contributed by atoms with Gasteiger partial charge in [0, 0.05) is 21.3 Å². The molecule has 2 nitrogen and oxygen atoms in total. The zero-order chi connectivity index (χ0) is 13.7. The number of rotatable bonds is 3. The number of benzene rings is 2. The number of carbonyl (C=O) groups excluding carboxylic acids is 1. The number of amides is 1. The summed E-state index contributed by atoms with van der Waals surface area (Å²) in [6, 6.07) is 14.7. The minimum atomic E-state index is -0.176. The van der Waals surface area contributed by atoms with Crippen molar-refractivity contribution < 1.29 is 4.79 Å². The van der Waals surface area contributed by atoms with Crippen LogP contribution >= 0.6 is 27.5 Å². The molecular weight excluding hydrogens is 326 g/mol. The molecule has 19 heavy (non-hydrogen) atoms. The lowest BCUT2D eigenvalue weighted by Gasteiger charge is -2.01. The Morgan fingerprint density at radius 3 is 2.32 bits per heavy atom. The monoisotopic (exact) mass is 335 g/mol. The molecule has 0 saturated heterocycles. The molecule has 0 aliphatic rings. The molecular formula is C15H11BrClNO. The topological polar surface area (TPSA) is 29.1 Å². The maximum atomic E-state index is 11.7. The summed E-state index contributed by atoms with van der Waals surface area (Å²) in [5.41, 5.74) is 1.68. The van der Waals surface area contributed by atoms with Gasteiger partial charge in [-0.1, -0.05) is 39.7 Å². The van der Waals surface area contributed by atoms with Gasteiger partial charge < -0.3 is 5.32 Å². The summed E-state index contributed by atoms with van der Waals surface area (Å²) in [6.07, 6.45) is 3.26. The molecule has 1 N–H and O–H groups in total. The Morgan fingerprint density at radius 2 is 1.68 bits per heavy atom. The predicted octanol–water partition coefficient (Wildman–Crippen LogP) is 4.75. The van der Waals surface area contributed by atoms with Gasteiger partial charge in [0.1, 0.15) is 0 Å². The van der Waals surface area contributed by atoms with E-state index in [-0.39, 0.29) is 5.91 Å². The number of nitrogens with one attached hydrogen (secondary N) is 1. The van der Waals surface area contributed by atoms with E-state index in [1.807, 2.05) is 24.3 Å². The Kier molecular flexibility index (Phi) is 4.77. The van der Waals surface area contributed by atoms with E-state index in [9.17, 15) is 4.79 Å². The van der Waals surface area contributed by atoms with Crippen LogP contribution in [0, 0.1) is 0 Å². The van der Waals surface area contributed by atoms with Crippen molar-refractivity contribution in [2.24, 2.45) is 0 Å². The molecule has 2 rings (SSSR count). The van der Waals surface area contributed by atoms with Crippen molar-refractivity contribution >= 4 is 45.2 Å². The first kappa shape index (κ1) is 13.8. The average Bonchev–Trinajstić information content (AvgIpc) is 2.41. The fourth-order valence-electron chi connectivity index (χ4n) is 1.46. The van der Waals surface area contributed by atoms with Crippen molar-refractivity contribution in [3.05, 3.63) is 69.7 Å². The molecule has 0 spiro atoms. The van der Waals surface area contributed by atoms with Gasteiger partial charge in [0.2, 0.25) is 5.91 Å². The van der Waals surface area contributed by atoms with Crippen molar-refractivity contribution in [3.63, 3.8) is 0 Å². The van der Waals surface area contributed by atoms with Crippen LogP contribution in [0.4, 0.5) is 5.69 Å². The van der Waals surface area contributed by atoms with Crippen LogP contribution in [-0.4, -0.2) is 5.91 Å². The largest absolute Gasteiger partial charge is 0.323 e. The molecule has 4 heteroatoms. The number of hydrogen-bond acceptors (Lipinski definition) is 1. The first-order valence-corrected chi connectivity index (χ1v) is 6.81. The predicted molar refractivity (Wildman–Crippen MR) is 83.3 cm³/mol. The Balaban J connectivity index is 1.97. The highest BCUT2D eigenvalue weighted by Crippen LogP contribution is 2.14. The highest BCUT2D eigenvalue weighted by atomic mass is 79.9. The third-order valence-corrected chi connectivity index (χ3v) is 3.19. The first-order chi connectivity index (χ1) is 9.13. The van der Waals surface area contributed by atoms with E-state index in [1.54, 1.807) is 30.3 Å². The minimum Gasteiger partial charge on any atom is -0.323 e. The molecule has 0 radical (unpaired) electrons. The van der Waals surface area contributed by atoms with E-state index < -0.39 is 0 Å². The summed E-state index contributed by atoms with van der Waals surface area (Å²) >= 11 is 9.13. The van der Waals surface area contributed by atoms with E-state index >= 15 is 0 Å². The third kappa shape index (κ3) is 4.54. The van der Waals surface area contributed by atoms with Crippen LogP contribution in [0.1, 0.15) is 5.56 Å². The molecule has 0 fully saturated rings. The van der Waals surface area contributed by atoms with Crippen molar-refractivity contribution in [3.8, 4) is 0 Å². The summed E-state index contributed by atoms with van der Waals surface area (Å²) < 4.78 is 1.01. The quantitative estimate of drug-likeness (QED) is 0.805. The van der Waals surface area contributed by atoms with Crippen LogP contribution in [0.25, 0.3) is 6.08 Å². The van der Waals surface area contributed by atoms with Crippen LogP contribution in [0.3, 0.4) is 0 Å². The Bertz CT molecular complexity index is 591. The summed E-state index contributed by atoms with van der Waals surface area (Å²) in [6.45, 7) is 0. The molecule has 1 amide bonds. The van der Waals surface area contributed by atoms with Gasteiger partial charge in [-0.3, -0.25) is 4.79 Å². The van der Waals surface area contributed by atoms with Gasteiger partial charge >= 0.3 is 0 Å². The van der Waals surface area contributed by atoms with E-state index in [0.29, 0.717) is 5.02 Å². The van der Waals surface area contributed by atoms with Crippen LogP contribution < -0.4 is 5.32 Å². The molecule has 0 aromatic heterocycles. The van der Waals surface area contributed by atoms with E-state index in [2.05, 4.69) is 21.2 Å². The van der Waals surface area contributed by atoms with Crippen LogP contribution in [0.5, 0.6) is 0 Å². The van der Waals surface area contributed by atoms with E-state index in [4.69, 9.17) is 11.6 Å². The molecule has 2 aromatic carbocycles. The van der Waals surface area contributed by atoms with Crippen molar-refractivity contribution in [1.29, 1.82) is 0 Å². The molecule has 0 unspecified atom stereocenters. The zero-order valence-corrected chi connectivity index (χ0v) is 12.3. The average molecular weight is 337 g/mol. The van der Waals surface area contributed by atoms with Gasteiger partial charge in [-0.2, -0.15) is 0 Å². The lowest BCUT2D eigenvalue weighted by atomic mass is 10.2. The van der Waals surface area contributed by atoms with Gasteiger partial charge in [-0.05, 0) is 48.0 Å². The summed E-state index contributed by atoms with van der Waals surface area (Å²) in [5.74, 6) is -0.176. The lowest BCUT2D eigenvalue weighted by Crippen LogP contribution is -2.07. The molecule has 0 atom stereocenters.